The maximum absolute atomic E-state index is 13.0. The minimum atomic E-state index is 0.0597. The van der Waals surface area contributed by atoms with Gasteiger partial charge in [-0.05, 0) is 37.6 Å². The molecule has 0 N–H and O–H groups in total. The summed E-state index contributed by atoms with van der Waals surface area (Å²) >= 11 is 0. The number of rotatable bonds is 3. The van der Waals surface area contributed by atoms with E-state index < -0.39 is 0 Å². The Morgan fingerprint density at radius 3 is 2.54 bits per heavy atom. The Kier molecular flexibility index (Phi) is 5.02. The van der Waals surface area contributed by atoms with E-state index in [1.54, 1.807) is 18.6 Å². The molecule has 0 unspecified atom stereocenters. The number of anilines is 1. The number of amides is 1. The Bertz CT molecular complexity index is 981. The molecule has 2 aromatic heterocycles. The molecule has 1 aliphatic heterocycles. The molecule has 3 aromatic rings. The molecular formula is C22H23N5O. The second-order valence-corrected chi connectivity index (χ2v) is 7.02. The number of hydrogen-bond acceptors (Lipinski definition) is 5. The number of hydrogen-bond donors (Lipinski definition) is 0. The Balaban J connectivity index is 1.48. The summed E-state index contributed by atoms with van der Waals surface area (Å²) in [6.07, 6.45) is 5.12. The first-order valence-corrected chi connectivity index (χ1v) is 9.47. The average molecular weight is 373 g/mol. The van der Waals surface area contributed by atoms with Gasteiger partial charge in [-0.3, -0.25) is 14.8 Å². The van der Waals surface area contributed by atoms with E-state index in [-0.39, 0.29) is 5.91 Å². The molecule has 4 rings (SSSR count). The van der Waals surface area contributed by atoms with Gasteiger partial charge in [-0.2, -0.15) is 0 Å². The van der Waals surface area contributed by atoms with Gasteiger partial charge in [0.05, 0.1) is 11.9 Å². The third-order valence-corrected chi connectivity index (χ3v) is 5.20. The maximum Gasteiger partial charge on any atom is 0.253 e. The first-order valence-electron chi connectivity index (χ1n) is 9.47. The van der Waals surface area contributed by atoms with Crippen LogP contribution < -0.4 is 4.90 Å². The quantitative estimate of drug-likeness (QED) is 0.706. The van der Waals surface area contributed by atoms with Crippen molar-refractivity contribution in [1.29, 1.82) is 0 Å². The molecule has 0 saturated carbocycles. The van der Waals surface area contributed by atoms with E-state index in [4.69, 9.17) is 0 Å². The highest BCUT2D eigenvalue weighted by molar-refractivity contribution is 5.95. The summed E-state index contributed by atoms with van der Waals surface area (Å²) in [7, 11) is 0. The third-order valence-electron chi connectivity index (χ3n) is 5.20. The second-order valence-electron chi connectivity index (χ2n) is 7.02. The fourth-order valence-corrected chi connectivity index (χ4v) is 3.38. The fourth-order valence-electron chi connectivity index (χ4n) is 3.38. The zero-order valence-corrected chi connectivity index (χ0v) is 16.2. The predicted molar refractivity (Wildman–Crippen MR) is 109 cm³/mol. The highest BCUT2D eigenvalue weighted by atomic mass is 16.2. The van der Waals surface area contributed by atoms with Crippen molar-refractivity contribution in [3.05, 3.63) is 71.8 Å². The monoisotopic (exact) mass is 373 g/mol. The number of carbonyl (C=O) groups excluding carboxylic acids is 1. The molecule has 1 fully saturated rings. The average Bonchev–Trinajstić information content (AvgIpc) is 2.76. The van der Waals surface area contributed by atoms with Crippen molar-refractivity contribution in [3.8, 4) is 11.3 Å². The zero-order valence-electron chi connectivity index (χ0n) is 16.2. The van der Waals surface area contributed by atoms with Crippen LogP contribution in [0.25, 0.3) is 11.3 Å². The molecule has 6 heteroatoms. The molecule has 3 heterocycles. The third kappa shape index (κ3) is 3.71. The summed E-state index contributed by atoms with van der Waals surface area (Å²) in [6.45, 7) is 6.89. The van der Waals surface area contributed by atoms with Gasteiger partial charge in [-0.15, -0.1) is 0 Å². The van der Waals surface area contributed by atoms with E-state index in [1.807, 2.05) is 49.1 Å². The Labute approximate surface area is 164 Å². The van der Waals surface area contributed by atoms with Gasteiger partial charge in [0.15, 0.2) is 0 Å². The van der Waals surface area contributed by atoms with Crippen LogP contribution in [0.5, 0.6) is 0 Å². The molecule has 0 bridgehead atoms. The summed E-state index contributed by atoms with van der Waals surface area (Å²) in [5.74, 6) is 0.918. The van der Waals surface area contributed by atoms with Crippen LogP contribution in [-0.2, 0) is 0 Å². The van der Waals surface area contributed by atoms with Crippen LogP contribution in [0.15, 0.2) is 55.0 Å². The molecule has 0 atom stereocenters. The largest absolute Gasteiger partial charge is 0.352 e. The Morgan fingerprint density at radius 1 is 1.00 bits per heavy atom. The van der Waals surface area contributed by atoms with E-state index in [0.717, 1.165) is 41.4 Å². The van der Waals surface area contributed by atoms with Crippen molar-refractivity contribution < 1.29 is 4.79 Å². The highest BCUT2D eigenvalue weighted by Crippen LogP contribution is 2.21. The normalized spacial score (nSPS) is 14.2. The van der Waals surface area contributed by atoms with Crippen molar-refractivity contribution in [1.82, 2.24) is 19.9 Å². The lowest BCUT2D eigenvalue weighted by molar-refractivity contribution is 0.0746. The van der Waals surface area contributed by atoms with Crippen LogP contribution in [0.2, 0.25) is 0 Å². The van der Waals surface area contributed by atoms with Crippen LogP contribution in [0.3, 0.4) is 0 Å². The minimum Gasteiger partial charge on any atom is -0.352 e. The van der Waals surface area contributed by atoms with Crippen LogP contribution in [0.4, 0.5) is 5.82 Å². The van der Waals surface area contributed by atoms with Crippen molar-refractivity contribution >= 4 is 11.7 Å². The number of benzene rings is 1. The first kappa shape index (κ1) is 18.1. The van der Waals surface area contributed by atoms with Gasteiger partial charge in [0.2, 0.25) is 0 Å². The number of aromatic nitrogens is 3. The lowest BCUT2D eigenvalue weighted by atomic mass is 10.1. The van der Waals surface area contributed by atoms with Crippen LogP contribution in [0, 0.1) is 13.8 Å². The maximum atomic E-state index is 13.0. The smallest absolute Gasteiger partial charge is 0.253 e. The second kappa shape index (κ2) is 7.76. The molecule has 1 amide bonds. The van der Waals surface area contributed by atoms with Crippen molar-refractivity contribution in [2.75, 3.05) is 31.1 Å². The number of carbonyl (C=O) groups is 1. The molecule has 6 nitrogen and oxygen atoms in total. The zero-order chi connectivity index (χ0) is 19.5. The van der Waals surface area contributed by atoms with Gasteiger partial charge in [0, 0.05) is 55.4 Å². The number of aryl methyl sites for hydroxylation is 2. The van der Waals surface area contributed by atoms with Crippen molar-refractivity contribution in [3.63, 3.8) is 0 Å². The van der Waals surface area contributed by atoms with E-state index in [0.29, 0.717) is 18.7 Å². The summed E-state index contributed by atoms with van der Waals surface area (Å²) < 4.78 is 0. The first-order chi connectivity index (χ1) is 13.6. The molecule has 1 saturated heterocycles. The molecule has 28 heavy (non-hydrogen) atoms. The van der Waals surface area contributed by atoms with E-state index >= 15 is 0 Å². The lowest BCUT2D eigenvalue weighted by Crippen LogP contribution is -2.49. The van der Waals surface area contributed by atoms with Gasteiger partial charge in [0.25, 0.3) is 5.91 Å². The molecule has 0 aliphatic carbocycles. The van der Waals surface area contributed by atoms with Gasteiger partial charge in [0.1, 0.15) is 5.82 Å². The topological polar surface area (TPSA) is 62.2 Å². The van der Waals surface area contributed by atoms with Crippen LogP contribution in [0.1, 0.15) is 21.6 Å². The summed E-state index contributed by atoms with van der Waals surface area (Å²) in [5.41, 5.74) is 4.73. The van der Waals surface area contributed by atoms with E-state index in [1.165, 1.54) is 0 Å². The number of piperazine rings is 1. The predicted octanol–water partition coefficient (Wildman–Crippen LogP) is 3.12. The van der Waals surface area contributed by atoms with Crippen LogP contribution in [-0.4, -0.2) is 51.9 Å². The van der Waals surface area contributed by atoms with Gasteiger partial charge >= 0.3 is 0 Å². The molecule has 1 aromatic carbocycles. The number of pyridine rings is 1. The van der Waals surface area contributed by atoms with Crippen LogP contribution >= 0.6 is 0 Å². The summed E-state index contributed by atoms with van der Waals surface area (Å²) in [4.78, 5) is 30.2. The van der Waals surface area contributed by atoms with E-state index in [9.17, 15) is 4.79 Å². The fraction of sp³-hybridized carbons (Fsp3) is 0.273. The molecule has 1 aliphatic rings. The SMILES string of the molecule is Cc1ccc(-c2cccc(C(=O)N3CCN(c4cnccn4)CC3)c2)nc1C. The summed E-state index contributed by atoms with van der Waals surface area (Å²) in [6, 6.07) is 11.8. The van der Waals surface area contributed by atoms with Gasteiger partial charge in [-0.25, -0.2) is 4.98 Å². The Morgan fingerprint density at radius 2 is 1.82 bits per heavy atom. The lowest BCUT2D eigenvalue weighted by Gasteiger charge is -2.35. The van der Waals surface area contributed by atoms with Crippen molar-refractivity contribution in [2.24, 2.45) is 0 Å². The molecule has 0 radical (unpaired) electrons. The summed E-state index contributed by atoms with van der Waals surface area (Å²) in [5, 5.41) is 0. The molecule has 0 spiro atoms. The standard InChI is InChI=1S/C22H23N5O/c1-16-6-7-20(25-17(16)2)18-4-3-5-19(14-18)22(28)27-12-10-26(11-13-27)21-15-23-8-9-24-21/h3-9,14-15H,10-13H2,1-2H3. The highest BCUT2D eigenvalue weighted by Gasteiger charge is 2.23. The van der Waals surface area contributed by atoms with Gasteiger partial charge in [-0.1, -0.05) is 18.2 Å². The molecular weight excluding hydrogens is 350 g/mol. The van der Waals surface area contributed by atoms with Gasteiger partial charge < -0.3 is 9.80 Å². The molecule has 142 valence electrons. The Hall–Kier alpha value is -3.28. The van der Waals surface area contributed by atoms with E-state index in [2.05, 4.69) is 25.9 Å². The number of nitrogens with zero attached hydrogens (tertiary/aromatic N) is 5. The van der Waals surface area contributed by atoms with Crippen molar-refractivity contribution in [2.45, 2.75) is 13.8 Å². The minimum absolute atomic E-state index is 0.0597.